The second kappa shape index (κ2) is 22.1. The second-order valence-electron chi connectivity index (χ2n) is 17.2. The molecule has 62 heavy (non-hydrogen) atoms. The average Bonchev–Trinajstić information content (AvgIpc) is 3.85. The van der Waals surface area contributed by atoms with Crippen molar-refractivity contribution in [3.05, 3.63) is 71.0 Å². The molecule has 0 bridgehead atoms. The van der Waals surface area contributed by atoms with E-state index in [4.69, 9.17) is 25.2 Å². The molecule has 0 saturated carbocycles. The van der Waals surface area contributed by atoms with Gasteiger partial charge in [0, 0.05) is 98.4 Å². The molecule has 4 amide bonds. The average molecular weight is 979 g/mol. The fourth-order valence-electron chi connectivity index (χ4n) is 8.44. The molecule has 3 unspecified atom stereocenters. The third kappa shape index (κ3) is 11.2. The Labute approximate surface area is 385 Å². The number of likely N-dealkylation sites (tertiary alicyclic amines) is 1. The van der Waals surface area contributed by atoms with E-state index in [0.29, 0.717) is 37.8 Å². The van der Waals surface area contributed by atoms with Crippen LogP contribution in [0.25, 0.3) is 33.4 Å². The molecule has 1 aromatic carbocycles. The molecule has 6 rings (SSSR count). The van der Waals surface area contributed by atoms with Crippen LogP contribution in [-0.4, -0.2) is 135 Å². The number of nitrogens with one attached hydrogen (secondary N) is 2. The molecule has 3 atom stereocenters. The number of thiazole rings is 1. The number of aromatic nitrogens is 3. The number of nitrogens with zero attached hydrogens (tertiary/aromatic N) is 6. The van der Waals surface area contributed by atoms with Crippen molar-refractivity contribution in [1.29, 1.82) is 0 Å². The zero-order valence-electron chi connectivity index (χ0n) is 37.9. The van der Waals surface area contributed by atoms with Gasteiger partial charge in [0.05, 0.1) is 41.1 Å². The van der Waals surface area contributed by atoms with Gasteiger partial charge >= 0.3 is 33.9 Å². The molecule has 2 fully saturated rings. The van der Waals surface area contributed by atoms with Crippen molar-refractivity contribution in [3.63, 3.8) is 0 Å². The van der Waals surface area contributed by atoms with Crippen LogP contribution in [0.3, 0.4) is 0 Å². The summed E-state index contributed by atoms with van der Waals surface area (Å²) in [6.45, 7) is 19.5. The molecular formula is C46H66N9O5SSb. The molecule has 16 heteroatoms. The molecule has 0 spiro atoms. The van der Waals surface area contributed by atoms with Crippen molar-refractivity contribution in [2.75, 3.05) is 46.9 Å². The van der Waals surface area contributed by atoms with Crippen molar-refractivity contribution in [1.82, 2.24) is 40.1 Å². The molecule has 0 aliphatic carbocycles. The van der Waals surface area contributed by atoms with Crippen LogP contribution in [-0.2, 0) is 38.4 Å². The number of likely N-dealkylation sites (N-methyl/N-ethyl adjacent to an activating group) is 1. The van der Waals surface area contributed by atoms with E-state index < -0.39 is 12.1 Å². The Hall–Kier alpha value is -4.01. The summed E-state index contributed by atoms with van der Waals surface area (Å²) < 4.78 is 13.9. The first-order valence-corrected chi connectivity index (χ1v) is 25.0. The number of carbonyl (C=O) groups is 3. The van der Waals surface area contributed by atoms with E-state index in [-0.39, 0.29) is 47.7 Å². The Kier molecular flexibility index (Phi) is 17.4. The summed E-state index contributed by atoms with van der Waals surface area (Å²) >= 11 is 3.21. The topological polar surface area (TPSA) is 160 Å². The first-order chi connectivity index (χ1) is 29.7. The van der Waals surface area contributed by atoms with E-state index in [0.717, 1.165) is 64.9 Å². The van der Waals surface area contributed by atoms with Crippen molar-refractivity contribution < 1.29 is 23.9 Å². The van der Waals surface area contributed by atoms with Crippen LogP contribution in [0.5, 0.6) is 0 Å². The molecule has 14 nitrogen and oxygen atoms in total. The van der Waals surface area contributed by atoms with Crippen LogP contribution < -0.4 is 16.5 Å². The summed E-state index contributed by atoms with van der Waals surface area (Å²) in [5.41, 5.74) is 15.9. The minimum absolute atomic E-state index is 0.0607. The molecule has 4 aromatic rings. The molecule has 5 heterocycles. The van der Waals surface area contributed by atoms with Gasteiger partial charge in [0.2, 0.25) is 5.91 Å². The van der Waals surface area contributed by atoms with Gasteiger partial charge in [0.15, 0.2) is 0 Å². The molecule has 2 saturated heterocycles. The van der Waals surface area contributed by atoms with Gasteiger partial charge in [0.1, 0.15) is 12.1 Å². The summed E-state index contributed by atoms with van der Waals surface area (Å²) in [6.07, 6.45) is 5.83. The summed E-state index contributed by atoms with van der Waals surface area (Å²) in [5, 5.41) is 8.50. The third-order valence-corrected chi connectivity index (χ3v) is 12.5. The molecule has 3 aromatic heterocycles. The van der Waals surface area contributed by atoms with E-state index in [1.165, 1.54) is 28.1 Å². The van der Waals surface area contributed by atoms with Crippen LogP contribution in [0, 0.1) is 11.3 Å². The van der Waals surface area contributed by atoms with Gasteiger partial charge in [-0.2, -0.15) is 0 Å². The van der Waals surface area contributed by atoms with Crippen LogP contribution >= 0.6 is 11.3 Å². The van der Waals surface area contributed by atoms with Crippen LogP contribution in [0.4, 0.5) is 4.79 Å². The van der Waals surface area contributed by atoms with E-state index in [1.807, 2.05) is 38.4 Å². The number of amides is 4. The predicted octanol–water partition coefficient (Wildman–Crippen LogP) is 6.36. The molecule has 2 radical (unpaired) electrons. The molecule has 336 valence electrons. The van der Waals surface area contributed by atoms with E-state index in [1.54, 1.807) is 47.1 Å². The van der Waals surface area contributed by atoms with Crippen molar-refractivity contribution in [3.8, 4) is 22.5 Å². The number of fused-ring (bicyclic) bond motifs is 1. The maximum absolute atomic E-state index is 14.1. The number of nitrogens with two attached hydrogens (primary N) is 1. The Morgan fingerprint density at radius 3 is 2.55 bits per heavy atom. The maximum atomic E-state index is 14.1. The van der Waals surface area contributed by atoms with E-state index >= 15 is 0 Å². The fourth-order valence-corrected chi connectivity index (χ4v) is 9.29. The standard InChI is InChI=1S/C45H63N9O5S.CH3.Sb/c1-10-53-37-17-16-30(21-33(37)34(23-45(6,7)27-59-11-2)41(53)32-15-14-18-47-39(32)29(5)58-9)36-26-60-38(49-36)22-35(43(56)54-20-13-12-19-48-54)50-42(55)40(28(3)4)51(8)44(57)52-24-31(46)25-52;;/h11,14-18,21,26,28-29,31,35,40,48H,2,10,12-13,19-20,22-25,27,46H2,1,3-9H3,(H,50,55);1H3;. The Morgan fingerprint density at radius 2 is 1.92 bits per heavy atom. The number of benzene rings is 1. The van der Waals surface area contributed by atoms with Crippen LogP contribution in [0.15, 0.2) is 54.7 Å². The van der Waals surface area contributed by atoms with Gasteiger partial charge in [-0.05, 0) is 68.9 Å². The number of pyridine rings is 1. The molecule has 4 N–H and O–H groups in total. The zero-order valence-corrected chi connectivity index (χ0v) is 41.3. The minimum atomic E-state index is -0.900. The molecule has 2 aliphatic heterocycles. The normalized spacial score (nSPS) is 15.9. The number of carbonyl (C=O) groups excluding carboxylic acids is 3. The summed E-state index contributed by atoms with van der Waals surface area (Å²) in [7, 11) is 3.34. The number of aryl methyl sites for hydroxylation is 1. The fraction of sp³-hybridized carbons (Fsp3) is 0.543. The first-order valence-electron chi connectivity index (χ1n) is 21.6. The van der Waals surface area contributed by atoms with Crippen molar-refractivity contribution in [2.45, 2.75) is 103 Å². The SMILES string of the molecule is C=COCC(C)(C)Cc1c(-c2cccnc2C(C)OC)n(CC)c2ccc(-c3csc(CC(NC(=O)C(C(C)C)N(C)C(=O)N4CC(N)C4)C(=O)N4CCCCN4)n3)cc12.[CH3][Sb]. The molecular weight excluding hydrogens is 912 g/mol. The number of ether oxygens (including phenoxy) is 2. The monoisotopic (exact) mass is 977 g/mol. The number of urea groups is 1. The van der Waals surface area contributed by atoms with Gasteiger partial charge in [-0.15, -0.1) is 11.3 Å². The summed E-state index contributed by atoms with van der Waals surface area (Å²) in [5.74, 6) is -0.824. The molecule has 2 aliphatic rings. The predicted molar refractivity (Wildman–Crippen MR) is 249 cm³/mol. The van der Waals surface area contributed by atoms with E-state index in [9.17, 15) is 14.4 Å². The van der Waals surface area contributed by atoms with Gasteiger partial charge in [-0.1, -0.05) is 40.3 Å². The Bertz CT molecular complexity index is 2160. The zero-order chi connectivity index (χ0) is 45.3. The number of rotatable bonds is 17. The van der Waals surface area contributed by atoms with Gasteiger partial charge in [0.25, 0.3) is 5.91 Å². The second-order valence-corrected chi connectivity index (χ2v) is 18.1. The number of hydrogen-bond donors (Lipinski definition) is 3. The summed E-state index contributed by atoms with van der Waals surface area (Å²) in [4.78, 5) is 56.6. The van der Waals surface area contributed by atoms with Gasteiger partial charge in [-0.25, -0.2) is 15.2 Å². The van der Waals surface area contributed by atoms with Crippen molar-refractivity contribution in [2.24, 2.45) is 17.1 Å². The first kappa shape index (κ1) is 49.0. The number of hydrazine groups is 1. The Balaban J connectivity index is 0.00000358. The van der Waals surface area contributed by atoms with Gasteiger partial charge in [-0.3, -0.25) is 19.6 Å². The number of hydrogen-bond acceptors (Lipinski definition) is 10. The number of methoxy groups -OCH3 is 1. The Morgan fingerprint density at radius 1 is 1.18 bits per heavy atom. The van der Waals surface area contributed by atoms with Crippen LogP contribution in [0.1, 0.15) is 76.8 Å². The van der Waals surface area contributed by atoms with Gasteiger partial charge < -0.3 is 34.9 Å². The summed E-state index contributed by atoms with van der Waals surface area (Å²) in [6, 6.07) is 8.57. The quantitative estimate of drug-likeness (QED) is 0.0809. The van der Waals surface area contributed by atoms with E-state index in [2.05, 4.69) is 71.8 Å². The van der Waals surface area contributed by atoms with Crippen molar-refractivity contribution >= 4 is 63.1 Å². The van der Waals surface area contributed by atoms with Crippen LogP contribution in [0.2, 0.25) is 4.87 Å². The third-order valence-electron chi connectivity index (χ3n) is 11.6.